The molecule has 1 atom stereocenters. The van der Waals surface area contributed by atoms with Crippen molar-refractivity contribution >= 4 is 5.97 Å². The van der Waals surface area contributed by atoms with Gasteiger partial charge in [0.25, 0.3) is 0 Å². The molecule has 0 fully saturated rings. The summed E-state index contributed by atoms with van der Waals surface area (Å²) in [5, 5.41) is 0. The van der Waals surface area contributed by atoms with Crippen molar-refractivity contribution in [1.82, 2.24) is 0 Å². The third-order valence-electron chi connectivity index (χ3n) is 2.02. The molecule has 5 heteroatoms. The van der Waals surface area contributed by atoms with Gasteiger partial charge in [-0.05, 0) is 12.1 Å². The van der Waals surface area contributed by atoms with Crippen molar-refractivity contribution in [3.63, 3.8) is 0 Å². The minimum absolute atomic E-state index is 0.0464. The number of hydrogen-bond donors (Lipinski definition) is 1. The van der Waals surface area contributed by atoms with Crippen LogP contribution in [0.2, 0.25) is 0 Å². The molecule has 2 N–H and O–H groups in total. The van der Waals surface area contributed by atoms with Crippen LogP contribution in [0.25, 0.3) is 0 Å². The third kappa shape index (κ3) is 2.87. The number of ether oxygens (including phenoxy) is 3. The van der Waals surface area contributed by atoms with E-state index in [2.05, 4.69) is 4.74 Å². The van der Waals surface area contributed by atoms with Crippen LogP contribution in [0.4, 0.5) is 0 Å². The highest BCUT2D eigenvalue weighted by Crippen LogP contribution is 2.26. The first-order chi connectivity index (χ1) is 7.72. The third-order valence-corrected chi connectivity index (χ3v) is 2.02. The van der Waals surface area contributed by atoms with Gasteiger partial charge in [0.15, 0.2) is 11.5 Å². The fraction of sp³-hybridized carbons (Fsp3) is 0.364. The van der Waals surface area contributed by atoms with Crippen LogP contribution in [0.3, 0.4) is 0 Å². The topological polar surface area (TPSA) is 70.8 Å². The Morgan fingerprint density at radius 3 is 2.44 bits per heavy atom. The van der Waals surface area contributed by atoms with Crippen molar-refractivity contribution in [2.45, 2.75) is 6.10 Å². The molecule has 0 aliphatic heterocycles. The monoisotopic (exact) mass is 225 g/mol. The first-order valence-electron chi connectivity index (χ1n) is 4.80. The Morgan fingerprint density at radius 2 is 1.94 bits per heavy atom. The van der Waals surface area contributed by atoms with E-state index in [4.69, 9.17) is 15.2 Å². The minimum Gasteiger partial charge on any atom is -0.493 e. The number of rotatable bonds is 5. The zero-order valence-electron chi connectivity index (χ0n) is 9.30. The molecular weight excluding hydrogens is 210 g/mol. The van der Waals surface area contributed by atoms with Crippen molar-refractivity contribution in [3.8, 4) is 11.5 Å². The van der Waals surface area contributed by atoms with Gasteiger partial charge >= 0.3 is 5.97 Å². The molecule has 0 saturated carbocycles. The summed E-state index contributed by atoms with van der Waals surface area (Å²) in [6, 6.07) is 7.02. The summed E-state index contributed by atoms with van der Waals surface area (Å²) in [6.07, 6.45) is -0.818. The van der Waals surface area contributed by atoms with E-state index in [0.717, 1.165) is 0 Å². The van der Waals surface area contributed by atoms with Gasteiger partial charge in [-0.1, -0.05) is 12.1 Å². The summed E-state index contributed by atoms with van der Waals surface area (Å²) >= 11 is 0. The van der Waals surface area contributed by atoms with Gasteiger partial charge in [0, 0.05) is 6.54 Å². The van der Waals surface area contributed by atoms with Crippen molar-refractivity contribution in [2.75, 3.05) is 20.8 Å². The van der Waals surface area contributed by atoms with Crippen molar-refractivity contribution in [2.24, 2.45) is 5.73 Å². The average molecular weight is 225 g/mol. The van der Waals surface area contributed by atoms with Crippen molar-refractivity contribution in [1.29, 1.82) is 0 Å². The molecule has 1 rings (SSSR count). The molecular formula is C11H15NO4. The van der Waals surface area contributed by atoms with Gasteiger partial charge in [-0.3, -0.25) is 0 Å². The predicted octanol–water partition coefficient (Wildman–Crippen LogP) is 0.574. The number of methoxy groups -OCH3 is 2. The van der Waals surface area contributed by atoms with E-state index in [1.165, 1.54) is 14.2 Å². The maximum Gasteiger partial charge on any atom is 0.348 e. The Hall–Kier alpha value is -1.75. The lowest BCUT2D eigenvalue weighted by Crippen LogP contribution is -2.35. The van der Waals surface area contributed by atoms with Crippen LogP contribution in [-0.2, 0) is 9.53 Å². The highest BCUT2D eigenvalue weighted by Gasteiger charge is 2.20. The zero-order valence-corrected chi connectivity index (χ0v) is 9.30. The average Bonchev–Trinajstić information content (AvgIpc) is 2.35. The quantitative estimate of drug-likeness (QED) is 0.742. The molecule has 16 heavy (non-hydrogen) atoms. The molecule has 0 aliphatic carbocycles. The summed E-state index contributed by atoms with van der Waals surface area (Å²) in [4.78, 5) is 11.3. The van der Waals surface area contributed by atoms with Crippen LogP contribution in [0.1, 0.15) is 0 Å². The zero-order chi connectivity index (χ0) is 12.0. The maximum absolute atomic E-state index is 11.3. The molecule has 5 nitrogen and oxygen atoms in total. The van der Waals surface area contributed by atoms with E-state index in [-0.39, 0.29) is 6.54 Å². The number of para-hydroxylation sites is 2. The summed E-state index contributed by atoms with van der Waals surface area (Å²) in [7, 11) is 2.81. The van der Waals surface area contributed by atoms with Gasteiger partial charge in [0.2, 0.25) is 6.10 Å². The lowest BCUT2D eigenvalue weighted by Gasteiger charge is -2.16. The number of hydrogen-bond acceptors (Lipinski definition) is 5. The molecule has 0 spiro atoms. The molecule has 1 aromatic rings. The predicted molar refractivity (Wildman–Crippen MR) is 58.5 cm³/mol. The van der Waals surface area contributed by atoms with Crippen LogP contribution >= 0.6 is 0 Å². The van der Waals surface area contributed by atoms with Crippen LogP contribution in [0.15, 0.2) is 24.3 Å². The molecule has 0 amide bonds. The standard InChI is InChI=1S/C11H15NO4/c1-14-8-5-3-4-6-9(8)16-10(7-12)11(13)15-2/h3-6,10H,7,12H2,1-2H3. The molecule has 0 aromatic heterocycles. The first-order valence-corrected chi connectivity index (χ1v) is 4.80. The van der Waals surface area contributed by atoms with Gasteiger partial charge in [0.05, 0.1) is 14.2 Å². The van der Waals surface area contributed by atoms with Crippen molar-refractivity contribution < 1.29 is 19.0 Å². The number of nitrogens with two attached hydrogens (primary N) is 1. The Morgan fingerprint density at radius 1 is 1.31 bits per heavy atom. The van der Waals surface area contributed by atoms with Crippen LogP contribution < -0.4 is 15.2 Å². The second-order valence-electron chi connectivity index (χ2n) is 3.02. The van der Waals surface area contributed by atoms with E-state index < -0.39 is 12.1 Å². The first kappa shape index (κ1) is 12.3. The number of esters is 1. The lowest BCUT2D eigenvalue weighted by molar-refractivity contribution is -0.148. The highest BCUT2D eigenvalue weighted by molar-refractivity contribution is 5.75. The van der Waals surface area contributed by atoms with E-state index in [1.807, 2.05) is 0 Å². The van der Waals surface area contributed by atoms with Crippen LogP contribution in [0.5, 0.6) is 11.5 Å². The van der Waals surface area contributed by atoms with Crippen LogP contribution in [0, 0.1) is 0 Å². The lowest BCUT2D eigenvalue weighted by atomic mass is 10.3. The van der Waals surface area contributed by atoms with Crippen LogP contribution in [-0.4, -0.2) is 32.8 Å². The molecule has 0 bridgehead atoms. The summed E-state index contributed by atoms with van der Waals surface area (Å²) in [5.74, 6) is 0.504. The Balaban J connectivity index is 2.81. The number of carbonyl (C=O) groups is 1. The van der Waals surface area contributed by atoms with Crippen molar-refractivity contribution in [3.05, 3.63) is 24.3 Å². The highest BCUT2D eigenvalue weighted by atomic mass is 16.6. The van der Waals surface area contributed by atoms with Gasteiger partial charge in [-0.15, -0.1) is 0 Å². The van der Waals surface area contributed by atoms with E-state index >= 15 is 0 Å². The smallest absolute Gasteiger partial charge is 0.348 e. The number of carbonyl (C=O) groups excluding carboxylic acids is 1. The molecule has 1 aromatic carbocycles. The molecule has 0 radical (unpaired) electrons. The Kier molecular flexibility index (Phi) is 4.60. The number of benzene rings is 1. The van der Waals surface area contributed by atoms with E-state index in [9.17, 15) is 4.79 Å². The van der Waals surface area contributed by atoms with Gasteiger partial charge in [0.1, 0.15) is 0 Å². The minimum atomic E-state index is -0.818. The molecule has 1 unspecified atom stereocenters. The summed E-state index contributed by atoms with van der Waals surface area (Å²) in [6.45, 7) is 0.0464. The largest absolute Gasteiger partial charge is 0.493 e. The van der Waals surface area contributed by atoms with Gasteiger partial charge < -0.3 is 19.9 Å². The molecule has 88 valence electrons. The molecule has 0 aliphatic rings. The maximum atomic E-state index is 11.3. The SMILES string of the molecule is COC(=O)C(CN)Oc1ccccc1OC. The summed E-state index contributed by atoms with van der Waals surface area (Å²) in [5.41, 5.74) is 5.42. The Bertz CT molecular complexity index is 354. The van der Waals surface area contributed by atoms with Gasteiger partial charge in [-0.2, -0.15) is 0 Å². The fourth-order valence-electron chi connectivity index (χ4n) is 1.19. The Labute approximate surface area is 94.1 Å². The second-order valence-corrected chi connectivity index (χ2v) is 3.02. The van der Waals surface area contributed by atoms with Gasteiger partial charge in [-0.25, -0.2) is 4.79 Å². The molecule has 0 heterocycles. The van der Waals surface area contributed by atoms with E-state index in [1.54, 1.807) is 24.3 Å². The summed E-state index contributed by atoms with van der Waals surface area (Å²) < 4.78 is 15.1. The normalized spacial score (nSPS) is 11.7. The second kappa shape index (κ2) is 5.97. The fourth-order valence-corrected chi connectivity index (χ4v) is 1.19. The molecule has 0 saturated heterocycles. The van der Waals surface area contributed by atoms with E-state index in [0.29, 0.717) is 11.5 Å².